The number of amides is 1. The Morgan fingerprint density at radius 2 is 2.00 bits per heavy atom. The van der Waals surface area contributed by atoms with Crippen molar-refractivity contribution >= 4 is 5.91 Å². The van der Waals surface area contributed by atoms with E-state index in [1.165, 1.54) is 49.9 Å². The number of nitrogens with one attached hydrogen (secondary N) is 1. The molecular formula is C19H26N2O. The van der Waals surface area contributed by atoms with Crippen LogP contribution in [0.1, 0.15) is 54.1 Å². The second-order valence-electron chi connectivity index (χ2n) is 7.57. The smallest absolute Gasteiger partial charge is 0.252 e. The van der Waals surface area contributed by atoms with Gasteiger partial charge in [-0.15, -0.1) is 0 Å². The molecule has 118 valence electrons. The van der Waals surface area contributed by atoms with Gasteiger partial charge < -0.3 is 10.2 Å². The molecule has 1 amide bonds. The molecule has 0 saturated carbocycles. The molecule has 3 saturated heterocycles. The highest BCUT2D eigenvalue weighted by Gasteiger charge is 2.44. The monoisotopic (exact) mass is 298 g/mol. The second-order valence-corrected chi connectivity index (χ2v) is 7.57. The van der Waals surface area contributed by atoms with Crippen LogP contribution in [0.3, 0.4) is 0 Å². The first-order chi connectivity index (χ1) is 10.7. The van der Waals surface area contributed by atoms with E-state index in [-0.39, 0.29) is 11.4 Å². The van der Waals surface area contributed by atoms with Crippen LogP contribution in [0.25, 0.3) is 0 Å². The van der Waals surface area contributed by atoms with Gasteiger partial charge >= 0.3 is 0 Å². The SMILES string of the molecule is C[C@@]1(NC(=O)c2cccc3c2CCCC3)CN2CCC1CC2. The molecule has 2 bridgehead atoms. The van der Waals surface area contributed by atoms with Gasteiger partial charge in [-0.05, 0) is 81.6 Å². The van der Waals surface area contributed by atoms with Crippen LogP contribution in [0.4, 0.5) is 0 Å². The van der Waals surface area contributed by atoms with Gasteiger partial charge in [0, 0.05) is 12.1 Å². The Labute approximate surface area is 133 Å². The van der Waals surface area contributed by atoms with Gasteiger partial charge in [0.15, 0.2) is 0 Å². The van der Waals surface area contributed by atoms with Gasteiger partial charge in [-0.2, -0.15) is 0 Å². The summed E-state index contributed by atoms with van der Waals surface area (Å²) in [7, 11) is 0. The minimum atomic E-state index is -0.0506. The molecule has 0 spiro atoms. The van der Waals surface area contributed by atoms with E-state index in [0.717, 1.165) is 24.9 Å². The lowest BCUT2D eigenvalue weighted by atomic mass is 9.74. The average Bonchev–Trinajstić information content (AvgIpc) is 2.54. The largest absolute Gasteiger partial charge is 0.345 e. The third kappa shape index (κ3) is 2.36. The zero-order valence-electron chi connectivity index (χ0n) is 13.5. The van der Waals surface area contributed by atoms with E-state index in [1.807, 2.05) is 6.07 Å². The van der Waals surface area contributed by atoms with Gasteiger partial charge in [-0.1, -0.05) is 12.1 Å². The highest BCUT2D eigenvalue weighted by molar-refractivity contribution is 5.96. The summed E-state index contributed by atoms with van der Waals surface area (Å²) in [6, 6.07) is 6.27. The van der Waals surface area contributed by atoms with Crippen LogP contribution in [0.15, 0.2) is 18.2 Å². The van der Waals surface area contributed by atoms with Gasteiger partial charge in [-0.3, -0.25) is 4.79 Å². The summed E-state index contributed by atoms with van der Waals surface area (Å²) < 4.78 is 0. The summed E-state index contributed by atoms with van der Waals surface area (Å²) in [4.78, 5) is 15.4. The number of hydrogen-bond acceptors (Lipinski definition) is 2. The van der Waals surface area contributed by atoms with Crippen molar-refractivity contribution in [2.45, 2.75) is 51.0 Å². The van der Waals surface area contributed by atoms with Gasteiger partial charge in [0.2, 0.25) is 0 Å². The molecule has 3 heterocycles. The van der Waals surface area contributed by atoms with Crippen molar-refractivity contribution in [3.8, 4) is 0 Å². The average molecular weight is 298 g/mol. The molecule has 3 nitrogen and oxygen atoms in total. The Kier molecular flexibility index (Phi) is 3.48. The lowest BCUT2D eigenvalue weighted by molar-refractivity contribution is 0.0167. The summed E-state index contributed by atoms with van der Waals surface area (Å²) >= 11 is 0. The van der Waals surface area contributed by atoms with E-state index >= 15 is 0 Å². The number of aryl methyl sites for hydroxylation is 1. The molecule has 3 heteroatoms. The van der Waals surface area contributed by atoms with Gasteiger partial charge in [0.25, 0.3) is 5.91 Å². The Morgan fingerprint density at radius 1 is 1.23 bits per heavy atom. The van der Waals surface area contributed by atoms with Crippen molar-refractivity contribution in [2.75, 3.05) is 19.6 Å². The molecule has 1 atom stereocenters. The third-order valence-corrected chi connectivity index (χ3v) is 6.08. The number of rotatable bonds is 2. The van der Waals surface area contributed by atoms with E-state index in [4.69, 9.17) is 0 Å². The fraction of sp³-hybridized carbons (Fsp3) is 0.632. The summed E-state index contributed by atoms with van der Waals surface area (Å²) in [6.45, 7) is 5.67. The van der Waals surface area contributed by atoms with Crippen LogP contribution in [-0.2, 0) is 12.8 Å². The van der Waals surface area contributed by atoms with E-state index in [9.17, 15) is 4.79 Å². The maximum absolute atomic E-state index is 12.9. The normalized spacial score (nSPS) is 33.3. The maximum atomic E-state index is 12.9. The van der Waals surface area contributed by atoms with Crippen molar-refractivity contribution in [3.63, 3.8) is 0 Å². The lowest BCUT2D eigenvalue weighted by Gasteiger charge is -2.52. The molecule has 3 aliphatic heterocycles. The summed E-state index contributed by atoms with van der Waals surface area (Å²) in [5, 5.41) is 3.41. The van der Waals surface area contributed by atoms with Crippen LogP contribution in [0, 0.1) is 5.92 Å². The molecule has 4 aliphatic rings. The quantitative estimate of drug-likeness (QED) is 0.910. The highest BCUT2D eigenvalue weighted by Crippen LogP contribution is 2.35. The van der Waals surface area contributed by atoms with Crippen molar-refractivity contribution < 1.29 is 4.79 Å². The van der Waals surface area contributed by atoms with Gasteiger partial charge in [0.1, 0.15) is 0 Å². The first kappa shape index (κ1) is 14.3. The molecule has 1 aromatic rings. The molecule has 0 aromatic heterocycles. The number of carbonyl (C=O) groups excluding carboxylic acids is 1. The number of carbonyl (C=O) groups is 1. The molecule has 1 aliphatic carbocycles. The lowest BCUT2D eigenvalue weighted by Crippen LogP contribution is -2.65. The van der Waals surface area contributed by atoms with Crippen molar-refractivity contribution in [1.29, 1.82) is 0 Å². The van der Waals surface area contributed by atoms with Crippen LogP contribution in [0.5, 0.6) is 0 Å². The van der Waals surface area contributed by atoms with Crippen molar-refractivity contribution in [2.24, 2.45) is 5.92 Å². The van der Waals surface area contributed by atoms with E-state index in [2.05, 4.69) is 29.3 Å². The van der Waals surface area contributed by atoms with Gasteiger partial charge in [0.05, 0.1) is 5.54 Å². The summed E-state index contributed by atoms with van der Waals surface area (Å²) in [5.74, 6) is 0.788. The predicted octanol–water partition coefficient (Wildman–Crippen LogP) is 2.78. The Bertz CT molecular complexity index is 589. The molecule has 0 unspecified atom stereocenters. The Balaban J connectivity index is 1.58. The molecule has 3 fully saturated rings. The zero-order chi connectivity index (χ0) is 15.2. The third-order valence-electron chi connectivity index (χ3n) is 6.08. The van der Waals surface area contributed by atoms with E-state index in [0.29, 0.717) is 5.92 Å². The molecule has 1 N–H and O–H groups in total. The van der Waals surface area contributed by atoms with Crippen LogP contribution >= 0.6 is 0 Å². The molecule has 1 aromatic carbocycles. The number of nitrogens with zero attached hydrogens (tertiary/aromatic N) is 1. The number of benzene rings is 1. The Morgan fingerprint density at radius 3 is 2.73 bits per heavy atom. The topological polar surface area (TPSA) is 32.3 Å². The first-order valence-corrected chi connectivity index (χ1v) is 8.81. The molecule has 22 heavy (non-hydrogen) atoms. The summed E-state index contributed by atoms with van der Waals surface area (Å²) in [5.41, 5.74) is 3.56. The van der Waals surface area contributed by atoms with Crippen LogP contribution in [0.2, 0.25) is 0 Å². The van der Waals surface area contributed by atoms with Crippen molar-refractivity contribution in [3.05, 3.63) is 34.9 Å². The first-order valence-electron chi connectivity index (χ1n) is 8.81. The van der Waals surface area contributed by atoms with E-state index < -0.39 is 0 Å². The standard InChI is InChI=1S/C19H26N2O/c1-19(13-21-11-9-15(19)10-12-21)20-18(22)17-8-4-6-14-5-2-3-7-16(14)17/h4,6,8,15H,2-3,5,7,9-13H2,1H3,(H,20,22)/t19-/m1/s1. The minimum Gasteiger partial charge on any atom is -0.345 e. The van der Waals surface area contributed by atoms with Gasteiger partial charge in [-0.25, -0.2) is 0 Å². The molecule has 0 radical (unpaired) electrons. The number of piperidine rings is 3. The van der Waals surface area contributed by atoms with E-state index in [1.54, 1.807) is 0 Å². The van der Waals surface area contributed by atoms with Crippen LogP contribution in [-0.4, -0.2) is 36.0 Å². The highest BCUT2D eigenvalue weighted by atomic mass is 16.1. The Hall–Kier alpha value is -1.35. The number of fused-ring (bicyclic) bond motifs is 4. The van der Waals surface area contributed by atoms with Crippen molar-refractivity contribution in [1.82, 2.24) is 10.2 Å². The minimum absolute atomic E-state index is 0.0506. The molecular weight excluding hydrogens is 272 g/mol. The predicted molar refractivity (Wildman–Crippen MR) is 88.1 cm³/mol. The van der Waals surface area contributed by atoms with Crippen LogP contribution < -0.4 is 5.32 Å². The number of hydrogen-bond donors (Lipinski definition) is 1. The fourth-order valence-corrected chi connectivity index (χ4v) is 4.78. The second kappa shape index (κ2) is 5.38. The summed E-state index contributed by atoms with van der Waals surface area (Å²) in [6.07, 6.45) is 7.11. The molecule has 5 rings (SSSR count). The maximum Gasteiger partial charge on any atom is 0.252 e. The fourth-order valence-electron chi connectivity index (χ4n) is 4.78. The zero-order valence-corrected chi connectivity index (χ0v) is 13.5.